The van der Waals surface area contributed by atoms with Gasteiger partial charge < -0.3 is 4.74 Å². The Bertz CT molecular complexity index is 755. The van der Waals surface area contributed by atoms with Crippen LogP contribution in [0.4, 0.5) is 0 Å². The molecule has 0 bridgehead atoms. The summed E-state index contributed by atoms with van der Waals surface area (Å²) in [7, 11) is 1.81. The first-order chi connectivity index (χ1) is 12.5. The fourth-order valence-corrected chi connectivity index (χ4v) is 3.67. The molecule has 1 saturated heterocycles. The summed E-state index contributed by atoms with van der Waals surface area (Å²) in [5.74, 6) is -0.0898. The average molecular weight is 376 g/mol. The smallest absolute Gasteiger partial charge is 0.296 e. The van der Waals surface area contributed by atoms with Crippen molar-refractivity contribution in [2.45, 2.75) is 45.2 Å². The van der Waals surface area contributed by atoms with E-state index in [2.05, 4.69) is 23.7 Å². The van der Waals surface area contributed by atoms with Gasteiger partial charge >= 0.3 is 0 Å². The Morgan fingerprint density at radius 1 is 1.31 bits per heavy atom. The fraction of sp³-hybridized carbons (Fsp3) is 0.500. The lowest BCUT2D eigenvalue weighted by Crippen LogP contribution is -2.46. The van der Waals surface area contributed by atoms with Crippen LogP contribution in [-0.2, 0) is 7.05 Å². The summed E-state index contributed by atoms with van der Waals surface area (Å²) in [5, 5.41) is 0.609. The number of aromatic nitrogens is 2. The molecule has 6 heteroatoms. The number of imidazole rings is 1. The van der Waals surface area contributed by atoms with Crippen molar-refractivity contribution in [3.05, 3.63) is 46.7 Å². The van der Waals surface area contributed by atoms with E-state index < -0.39 is 0 Å². The Morgan fingerprint density at radius 2 is 2.04 bits per heavy atom. The first-order valence-corrected chi connectivity index (χ1v) is 9.55. The molecule has 1 unspecified atom stereocenters. The molecule has 1 aromatic heterocycles. The van der Waals surface area contributed by atoms with E-state index >= 15 is 0 Å². The highest BCUT2D eigenvalue weighted by atomic mass is 35.5. The molecule has 1 aliphatic heterocycles. The van der Waals surface area contributed by atoms with Crippen LogP contribution in [0.15, 0.2) is 30.5 Å². The predicted octanol–water partition coefficient (Wildman–Crippen LogP) is 3.95. The highest BCUT2D eigenvalue weighted by Gasteiger charge is 2.26. The summed E-state index contributed by atoms with van der Waals surface area (Å²) in [6.45, 7) is 6.16. The van der Waals surface area contributed by atoms with Crippen LogP contribution in [0.1, 0.15) is 49.2 Å². The Morgan fingerprint density at radius 3 is 2.73 bits per heavy atom. The number of hydrogen-bond donors (Lipinski definition) is 0. The molecule has 0 N–H and O–H groups in total. The number of rotatable bonds is 6. The number of piperidine rings is 1. The molecule has 3 rings (SSSR count). The van der Waals surface area contributed by atoms with Crippen molar-refractivity contribution in [2.75, 3.05) is 13.2 Å². The Balaban J connectivity index is 1.69. The number of ketones is 1. The standard InChI is InChI=1S/C20H26ClN3O2/c1-14(2)24-11-5-4-6-17(24)13-26-20-22-12-18(23(20)3)19(25)15-7-9-16(21)10-8-15/h7-10,12,14,17H,4-6,11,13H2,1-3H3. The highest BCUT2D eigenvalue weighted by Crippen LogP contribution is 2.22. The first-order valence-electron chi connectivity index (χ1n) is 9.18. The minimum atomic E-state index is -0.0898. The zero-order chi connectivity index (χ0) is 18.7. The fourth-order valence-electron chi connectivity index (χ4n) is 3.54. The molecule has 0 amide bonds. The summed E-state index contributed by atoms with van der Waals surface area (Å²) in [5.41, 5.74) is 1.09. The second-order valence-electron chi connectivity index (χ2n) is 7.11. The molecule has 0 radical (unpaired) electrons. The molecule has 1 aromatic carbocycles. The number of likely N-dealkylation sites (tertiary alicyclic amines) is 1. The van der Waals surface area contributed by atoms with Gasteiger partial charge in [0.25, 0.3) is 6.01 Å². The molecule has 1 aliphatic rings. The number of benzene rings is 1. The van der Waals surface area contributed by atoms with E-state index in [1.165, 1.54) is 12.8 Å². The van der Waals surface area contributed by atoms with Crippen molar-refractivity contribution < 1.29 is 9.53 Å². The van der Waals surface area contributed by atoms with Gasteiger partial charge in [-0.3, -0.25) is 14.3 Å². The quantitative estimate of drug-likeness (QED) is 0.717. The van der Waals surface area contributed by atoms with Gasteiger partial charge in [-0.2, -0.15) is 0 Å². The lowest BCUT2D eigenvalue weighted by molar-refractivity contribution is 0.0690. The number of hydrogen-bond acceptors (Lipinski definition) is 4. The van der Waals surface area contributed by atoms with Gasteiger partial charge in [-0.25, -0.2) is 4.98 Å². The van der Waals surface area contributed by atoms with E-state index in [4.69, 9.17) is 16.3 Å². The molecule has 1 atom stereocenters. The van der Waals surface area contributed by atoms with Gasteiger partial charge in [0, 0.05) is 29.7 Å². The first kappa shape index (κ1) is 18.9. The Labute approximate surface area is 159 Å². The summed E-state index contributed by atoms with van der Waals surface area (Å²) in [4.78, 5) is 19.5. The van der Waals surface area contributed by atoms with Crippen LogP contribution >= 0.6 is 11.6 Å². The van der Waals surface area contributed by atoms with Crippen LogP contribution in [0, 0.1) is 0 Å². The lowest BCUT2D eigenvalue weighted by atomic mass is 10.0. The second kappa shape index (κ2) is 8.23. The van der Waals surface area contributed by atoms with E-state index in [1.807, 2.05) is 7.05 Å². The zero-order valence-corrected chi connectivity index (χ0v) is 16.4. The number of carbonyl (C=O) groups is 1. The van der Waals surface area contributed by atoms with Gasteiger partial charge in [0.05, 0.1) is 6.20 Å². The highest BCUT2D eigenvalue weighted by molar-refractivity contribution is 6.30. The number of halogens is 1. The van der Waals surface area contributed by atoms with Crippen molar-refractivity contribution in [1.29, 1.82) is 0 Å². The monoisotopic (exact) mass is 375 g/mol. The molecular formula is C20H26ClN3O2. The predicted molar refractivity (Wildman–Crippen MR) is 103 cm³/mol. The van der Waals surface area contributed by atoms with Crippen LogP contribution < -0.4 is 4.74 Å². The maximum Gasteiger partial charge on any atom is 0.296 e. The van der Waals surface area contributed by atoms with E-state index in [1.54, 1.807) is 35.0 Å². The maximum absolute atomic E-state index is 12.7. The van der Waals surface area contributed by atoms with E-state index in [9.17, 15) is 4.79 Å². The van der Waals surface area contributed by atoms with Crippen molar-refractivity contribution in [2.24, 2.45) is 7.05 Å². The largest absolute Gasteiger partial charge is 0.463 e. The van der Waals surface area contributed by atoms with Crippen molar-refractivity contribution in [3.8, 4) is 6.01 Å². The summed E-state index contributed by atoms with van der Waals surface area (Å²) in [6, 6.07) is 8.26. The second-order valence-corrected chi connectivity index (χ2v) is 7.55. The molecular weight excluding hydrogens is 350 g/mol. The molecule has 140 valence electrons. The lowest BCUT2D eigenvalue weighted by Gasteiger charge is -2.38. The van der Waals surface area contributed by atoms with Gasteiger partial charge in [-0.05, 0) is 57.5 Å². The molecule has 0 spiro atoms. The van der Waals surface area contributed by atoms with Gasteiger partial charge in [-0.15, -0.1) is 0 Å². The van der Waals surface area contributed by atoms with E-state index in [-0.39, 0.29) is 5.78 Å². The van der Waals surface area contributed by atoms with Crippen LogP contribution in [0.25, 0.3) is 0 Å². The SMILES string of the molecule is CC(C)N1CCCCC1COc1ncc(C(=O)c2ccc(Cl)cc2)n1C. The van der Waals surface area contributed by atoms with Crippen LogP contribution in [0.2, 0.25) is 5.02 Å². The molecule has 26 heavy (non-hydrogen) atoms. The third-order valence-electron chi connectivity index (χ3n) is 5.03. The third-order valence-corrected chi connectivity index (χ3v) is 5.28. The summed E-state index contributed by atoms with van der Waals surface area (Å²) in [6.07, 6.45) is 5.20. The number of carbonyl (C=O) groups excluding carboxylic acids is 1. The van der Waals surface area contributed by atoms with Gasteiger partial charge in [-0.1, -0.05) is 18.0 Å². The minimum Gasteiger partial charge on any atom is -0.463 e. The number of ether oxygens (including phenoxy) is 1. The molecule has 0 aliphatic carbocycles. The van der Waals surface area contributed by atoms with Gasteiger partial charge in [0.15, 0.2) is 0 Å². The summed E-state index contributed by atoms with van der Waals surface area (Å²) >= 11 is 5.89. The topological polar surface area (TPSA) is 47.4 Å². The van der Waals surface area contributed by atoms with Gasteiger partial charge in [0.1, 0.15) is 12.3 Å². The molecule has 1 fully saturated rings. The van der Waals surface area contributed by atoms with Gasteiger partial charge in [0.2, 0.25) is 5.78 Å². The Kier molecular flexibility index (Phi) is 5.99. The molecule has 2 aromatic rings. The zero-order valence-electron chi connectivity index (χ0n) is 15.6. The third kappa shape index (κ3) is 4.10. The van der Waals surface area contributed by atoms with E-state index in [0.717, 1.165) is 13.0 Å². The average Bonchev–Trinajstić information content (AvgIpc) is 3.00. The minimum absolute atomic E-state index is 0.0898. The molecule has 2 heterocycles. The summed E-state index contributed by atoms with van der Waals surface area (Å²) < 4.78 is 7.70. The van der Waals surface area contributed by atoms with Crippen LogP contribution in [-0.4, -0.2) is 45.5 Å². The van der Waals surface area contributed by atoms with Crippen molar-refractivity contribution in [3.63, 3.8) is 0 Å². The van der Waals surface area contributed by atoms with Crippen LogP contribution in [0.3, 0.4) is 0 Å². The van der Waals surface area contributed by atoms with E-state index in [0.29, 0.717) is 41.0 Å². The van der Waals surface area contributed by atoms with Crippen molar-refractivity contribution >= 4 is 17.4 Å². The number of nitrogens with zero attached hydrogens (tertiary/aromatic N) is 3. The van der Waals surface area contributed by atoms with Crippen molar-refractivity contribution in [1.82, 2.24) is 14.5 Å². The Hall–Kier alpha value is -1.85. The molecule has 5 nitrogen and oxygen atoms in total. The molecule has 0 saturated carbocycles. The maximum atomic E-state index is 12.7. The van der Waals surface area contributed by atoms with Crippen LogP contribution in [0.5, 0.6) is 6.01 Å². The normalized spacial score (nSPS) is 18.3.